The zero-order valence-electron chi connectivity index (χ0n) is 21.7. The summed E-state index contributed by atoms with van der Waals surface area (Å²) in [5.74, 6) is 0.0482. The maximum atomic E-state index is 11.3. The molecule has 184 valence electrons. The van der Waals surface area contributed by atoms with E-state index in [9.17, 15) is 9.59 Å². The Kier molecular flexibility index (Phi) is 16.7. The lowest BCUT2D eigenvalue weighted by Crippen LogP contribution is -2.41. The molecule has 0 spiro atoms. The average Bonchev–Trinajstić information content (AvgIpc) is 2.65. The summed E-state index contributed by atoms with van der Waals surface area (Å²) in [6.07, 6.45) is 0. The maximum Gasteiger partial charge on any atom is 0.349 e. The molecule has 0 saturated carbocycles. The lowest BCUT2D eigenvalue weighted by molar-refractivity contribution is -0.165. The van der Waals surface area contributed by atoms with Gasteiger partial charge in [0.05, 0.1) is 20.0 Å². The van der Waals surface area contributed by atoms with Gasteiger partial charge < -0.3 is 18.9 Å². The van der Waals surface area contributed by atoms with Crippen molar-refractivity contribution in [2.24, 2.45) is 0 Å². The van der Waals surface area contributed by atoms with Crippen molar-refractivity contribution in [1.82, 2.24) is 20.5 Å². The molecular formula is C21H44N4O6. The van der Waals surface area contributed by atoms with E-state index in [0.29, 0.717) is 11.6 Å². The number of hydrazine groups is 2. The first-order valence-corrected chi connectivity index (χ1v) is 9.54. The zero-order chi connectivity index (χ0) is 25.6. The lowest BCUT2D eigenvalue weighted by Gasteiger charge is -2.32. The minimum absolute atomic E-state index is 0.385. The number of carbonyl (C=O) groups is 2. The Balaban J connectivity index is -0.000000428. The molecule has 0 radical (unpaired) electrons. The minimum Gasteiger partial charge on any atom is -0.481 e. The van der Waals surface area contributed by atoms with Crippen molar-refractivity contribution in [3.63, 3.8) is 0 Å². The third kappa shape index (κ3) is 16.1. The molecule has 0 saturated heterocycles. The first-order valence-electron chi connectivity index (χ1n) is 9.54. The molecule has 10 heteroatoms. The van der Waals surface area contributed by atoms with Gasteiger partial charge in [-0.2, -0.15) is 0 Å². The molecule has 0 bridgehead atoms. The molecule has 0 rings (SSSR count). The number of hydrogen-bond acceptors (Lipinski definition) is 10. The predicted molar refractivity (Wildman–Crippen MR) is 123 cm³/mol. The van der Waals surface area contributed by atoms with E-state index in [2.05, 4.69) is 28.1 Å². The number of esters is 2. The van der Waals surface area contributed by atoms with Crippen LogP contribution < -0.4 is 5.43 Å². The van der Waals surface area contributed by atoms with Crippen LogP contribution >= 0.6 is 0 Å². The van der Waals surface area contributed by atoms with Gasteiger partial charge in [0.15, 0.2) is 11.5 Å². The van der Waals surface area contributed by atoms with Crippen LogP contribution in [-0.2, 0) is 28.5 Å². The number of nitrogens with zero attached hydrogens (tertiary/aromatic N) is 3. The summed E-state index contributed by atoms with van der Waals surface area (Å²) in [4.78, 5) is 22.3. The van der Waals surface area contributed by atoms with Crippen LogP contribution in [0.2, 0.25) is 0 Å². The SMILES string of the molecule is C=C(C)OC(C)(C)C(=O)OC.C=C(OC(C)(C)C(=O)OC)N(C)N(C)C.CNN(C)C. The first-order chi connectivity index (χ1) is 13.9. The molecule has 31 heavy (non-hydrogen) atoms. The number of carbonyl (C=O) groups excluding carboxylic acids is 2. The minimum atomic E-state index is -1.03. The summed E-state index contributed by atoms with van der Waals surface area (Å²) in [5.41, 5.74) is 0.899. The van der Waals surface area contributed by atoms with Gasteiger partial charge in [0.1, 0.15) is 0 Å². The van der Waals surface area contributed by atoms with E-state index in [1.807, 2.05) is 40.2 Å². The molecule has 0 unspecified atom stereocenters. The van der Waals surface area contributed by atoms with E-state index >= 15 is 0 Å². The molecular weight excluding hydrogens is 404 g/mol. The Hall–Kier alpha value is -2.30. The lowest BCUT2D eigenvalue weighted by atomic mass is 10.1. The van der Waals surface area contributed by atoms with Crippen molar-refractivity contribution in [2.45, 2.75) is 45.8 Å². The molecule has 1 N–H and O–H groups in total. The third-order valence-corrected chi connectivity index (χ3v) is 3.56. The van der Waals surface area contributed by atoms with E-state index in [1.165, 1.54) is 14.2 Å². The van der Waals surface area contributed by atoms with Crippen LogP contribution in [0.3, 0.4) is 0 Å². The predicted octanol–water partition coefficient (Wildman–Crippen LogP) is 2.00. The Bertz CT molecular complexity index is 574. The average molecular weight is 449 g/mol. The number of methoxy groups -OCH3 is 2. The summed E-state index contributed by atoms with van der Waals surface area (Å²) in [6, 6.07) is 0. The standard InChI is InChI=1S/C10H20N2O3.C8H14O3.C3H10N2/c1-8(12(6)11(4)5)15-10(2,3)9(13)14-7;1-6(2)11-8(3,4)7(9)10-5;1-4-5(2)3/h1H2,2-7H3;1H2,2-5H3;4H,1-3H3. The van der Waals surface area contributed by atoms with Gasteiger partial charge in [-0.05, 0) is 48.2 Å². The van der Waals surface area contributed by atoms with Crippen molar-refractivity contribution in [3.8, 4) is 0 Å². The van der Waals surface area contributed by atoms with Gasteiger partial charge in [0.2, 0.25) is 5.60 Å². The van der Waals surface area contributed by atoms with Crippen LogP contribution in [-0.4, -0.2) is 94.7 Å². The fourth-order valence-electron chi connectivity index (χ4n) is 1.59. The number of ether oxygens (including phenoxy) is 4. The number of allylic oxidation sites excluding steroid dienone is 1. The van der Waals surface area contributed by atoms with Crippen molar-refractivity contribution in [3.05, 3.63) is 24.8 Å². The Morgan fingerprint density at radius 2 is 1.13 bits per heavy atom. The second-order valence-corrected chi connectivity index (χ2v) is 7.79. The second-order valence-electron chi connectivity index (χ2n) is 7.79. The molecule has 0 aromatic rings. The van der Waals surface area contributed by atoms with Crippen molar-refractivity contribution in [1.29, 1.82) is 0 Å². The van der Waals surface area contributed by atoms with Crippen LogP contribution in [0.25, 0.3) is 0 Å². The van der Waals surface area contributed by atoms with E-state index in [4.69, 9.17) is 9.47 Å². The van der Waals surface area contributed by atoms with E-state index < -0.39 is 23.1 Å². The summed E-state index contributed by atoms with van der Waals surface area (Å²) >= 11 is 0. The Morgan fingerprint density at radius 3 is 1.35 bits per heavy atom. The normalized spacial score (nSPS) is 10.7. The van der Waals surface area contributed by atoms with Crippen LogP contribution in [0.4, 0.5) is 0 Å². The highest BCUT2D eigenvalue weighted by atomic mass is 16.6. The van der Waals surface area contributed by atoms with Gasteiger partial charge in [-0.3, -0.25) is 15.4 Å². The molecule has 0 atom stereocenters. The molecule has 0 fully saturated rings. The van der Waals surface area contributed by atoms with Gasteiger partial charge in [-0.15, -0.1) is 0 Å². The fraction of sp³-hybridized carbons (Fsp3) is 0.714. The fourth-order valence-corrected chi connectivity index (χ4v) is 1.59. The molecule has 0 aliphatic carbocycles. The van der Waals surface area contributed by atoms with Gasteiger partial charge in [-0.25, -0.2) is 14.6 Å². The van der Waals surface area contributed by atoms with Crippen LogP contribution in [0.5, 0.6) is 0 Å². The maximum absolute atomic E-state index is 11.3. The van der Waals surface area contributed by atoms with E-state index in [-0.39, 0.29) is 0 Å². The van der Waals surface area contributed by atoms with Crippen LogP contribution in [0.15, 0.2) is 24.8 Å². The first kappa shape index (κ1) is 33.3. The second kappa shape index (κ2) is 15.5. The smallest absolute Gasteiger partial charge is 0.349 e. The molecule has 0 aliphatic rings. The summed E-state index contributed by atoms with van der Waals surface area (Å²) in [6.45, 7) is 15.5. The number of hydrogen-bond donors (Lipinski definition) is 1. The topological polar surface area (TPSA) is 92.8 Å². The third-order valence-electron chi connectivity index (χ3n) is 3.56. The molecule has 0 aromatic heterocycles. The highest BCUT2D eigenvalue weighted by molar-refractivity contribution is 5.78. The number of nitrogens with one attached hydrogen (secondary N) is 1. The quantitative estimate of drug-likeness (QED) is 0.321. The Morgan fingerprint density at radius 1 is 0.806 bits per heavy atom. The molecule has 0 aromatic carbocycles. The summed E-state index contributed by atoms with van der Waals surface area (Å²) in [5, 5.41) is 5.35. The van der Waals surface area contributed by atoms with Crippen molar-refractivity contribution >= 4 is 11.9 Å². The largest absolute Gasteiger partial charge is 0.481 e. The van der Waals surface area contributed by atoms with Gasteiger partial charge in [0.25, 0.3) is 0 Å². The molecule has 0 heterocycles. The van der Waals surface area contributed by atoms with E-state index in [0.717, 1.165) is 0 Å². The highest BCUT2D eigenvalue weighted by Gasteiger charge is 2.32. The van der Waals surface area contributed by atoms with Crippen molar-refractivity contribution < 1.29 is 28.5 Å². The van der Waals surface area contributed by atoms with Gasteiger partial charge in [-0.1, -0.05) is 6.58 Å². The van der Waals surface area contributed by atoms with Crippen LogP contribution in [0, 0.1) is 0 Å². The van der Waals surface area contributed by atoms with Crippen LogP contribution in [0.1, 0.15) is 34.6 Å². The van der Waals surface area contributed by atoms with Gasteiger partial charge >= 0.3 is 11.9 Å². The van der Waals surface area contributed by atoms with E-state index in [1.54, 1.807) is 51.7 Å². The molecule has 0 aliphatic heterocycles. The van der Waals surface area contributed by atoms with Gasteiger partial charge in [0, 0.05) is 35.2 Å². The Labute approximate surface area is 188 Å². The van der Waals surface area contributed by atoms with Crippen molar-refractivity contribution in [2.75, 3.05) is 56.5 Å². The molecule has 0 amide bonds. The monoisotopic (exact) mass is 448 g/mol. The zero-order valence-corrected chi connectivity index (χ0v) is 21.7. The summed E-state index contributed by atoms with van der Waals surface area (Å²) < 4.78 is 19.7. The highest BCUT2D eigenvalue weighted by Crippen LogP contribution is 2.17. The summed E-state index contributed by atoms with van der Waals surface area (Å²) in [7, 11) is 13.9. The molecule has 10 nitrogen and oxygen atoms in total. The number of rotatable bonds is 9.